The smallest absolute Gasteiger partial charge is 0.359 e. The summed E-state index contributed by atoms with van der Waals surface area (Å²) >= 11 is 8.38. The Morgan fingerprint density at radius 2 is 1.96 bits per heavy atom. The summed E-state index contributed by atoms with van der Waals surface area (Å²) < 4.78 is 16.6. The zero-order valence-corrected chi connectivity index (χ0v) is 18.0. The molecule has 1 aromatic carbocycles. The molecule has 2 aromatic rings. The van der Waals surface area contributed by atoms with E-state index in [1.807, 2.05) is 34.8 Å². The highest BCUT2D eigenvalue weighted by Crippen LogP contribution is 2.44. The van der Waals surface area contributed by atoms with Gasteiger partial charge in [-0.3, -0.25) is 4.90 Å². The van der Waals surface area contributed by atoms with Crippen molar-refractivity contribution in [1.29, 1.82) is 0 Å². The number of hydrogen-bond donors (Lipinski definition) is 0. The van der Waals surface area contributed by atoms with Gasteiger partial charge in [-0.2, -0.15) is 4.98 Å². The molecule has 9 heteroatoms. The summed E-state index contributed by atoms with van der Waals surface area (Å²) in [5.41, 5.74) is 0.977. The van der Waals surface area contributed by atoms with Crippen LogP contribution in [-0.2, 0) is 0 Å². The molecule has 2 aliphatic rings. The molecule has 0 spiro atoms. The van der Waals surface area contributed by atoms with Crippen molar-refractivity contribution < 1.29 is 4.39 Å². The standard InChI is InChI=1S/C17H20ClFIN5O/c1-8-5-24-10(6-22(8)3)7-23(4)15-11-14(12(18)9(2)13(15)19)25(20)17(26)21-16(11)24/h8,10H,5-7H2,1-4H3. The van der Waals surface area contributed by atoms with Gasteiger partial charge in [0.1, 0.15) is 5.82 Å². The van der Waals surface area contributed by atoms with E-state index in [4.69, 9.17) is 11.6 Å². The number of halogens is 3. The van der Waals surface area contributed by atoms with Gasteiger partial charge in [-0.15, -0.1) is 0 Å². The summed E-state index contributed by atoms with van der Waals surface area (Å²) in [5.74, 6) is 0.201. The molecule has 1 aromatic heterocycles. The average Bonchev–Trinajstić information content (AvgIpc) is 2.69. The summed E-state index contributed by atoms with van der Waals surface area (Å²) in [6.07, 6.45) is 0. The van der Waals surface area contributed by atoms with Gasteiger partial charge in [-0.25, -0.2) is 12.0 Å². The highest BCUT2D eigenvalue weighted by atomic mass is 127. The van der Waals surface area contributed by atoms with Gasteiger partial charge in [0.2, 0.25) is 0 Å². The Bertz CT molecular complexity index is 980. The summed E-state index contributed by atoms with van der Waals surface area (Å²) in [5, 5.41) is 0.888. The maximum atomic E-state index is 15.2. The number of anilines is 2. The zero-order chi connectivity index (χ0) is 18.9. The lowest BCUT2D eigenvalue weighted by molar-refractivity contribution is 0.201. The predicted molar refractivity (Wildman–Crippen MR) is 112 cm³/mol. The van der Waals surface area contributed by atoms with Gasteiger partial charge in [-0.05, 0) is 20.9 Å². The van der Waals surface area contributed by atoms with Gasteiger partial charge in [0.15, 0.2) is 5.82 Å². The second kappa shape index (κ2) is 6.20. The van der Waals surface area contributed by atoms with E-state index in [-0.39, 0.29) is 22.6 Å². The van der Waals surface area contributed by atoms with E-state index in [2.05, 4.69) is 28.8 Å². The summed E-state index contributed by atoms with van der Waals surface area (Å²) in [7, 11) is 3.98. The first-order chi connectivity index (χ1) is 12.2. The van der Waals surface area contributed by atoms with Crippen molar-refractivity contribution in [1.82, 2.24) is 12.7 Å². The van der Waals surface area contributed by atoms with Crippen LogP contribution in [0.3, 0.4) is 0 Å². The predicted octanol–water partition coefficient (Wildman–Crippen LogP) is 2.65. The van der Waals surface area contributed by atoms with Gasteiger partial charge >= 0.3 is 5.69 Å². The molecule has 2 unspecified atom stereocenters. The molecule has 0 amide bonds. The maximum Gasteiger partial charge on any atom is 0.359 e. The van der Waals surface area contributed by atoms with Gasteiger partial charge < -0.3 is 9.80 Å². The Morgan fingerprint density at radius 1 is 1.27 bits per heavy atom. The van der Waals surface area contributed by atoms with E-state index < -0.39 is 0 Å². The molecule has 0 aliphatic carbocycles. The first-order valence-corrected chi connectivity index (χ1v) is 9.85. The lowest BCUT2D eigenvalue weighted by Crippen LogP contribution is -2.59. The Morgan fingerprint density at radius 3 is 2.65 bits per heavy atom. The highest BCUT2D eigenvalue weighted by Gasteiger charge is 2.38. The monoisotopic (exact) mass is 491 g/mol. The minimum atomic E-state index is -0.387. The van der Waals surface area contributed by atoms with Crippen LogP contribution in [0.1, 0.15) is 12.5 Å². The number of hydrogen-bond acceptors (Lipinski definition) is 5. The van der Waals surface area contributed by atoms with Crippen LogP contribution < -0.4 is 15.5 Å². The third-order valence-electron chi connectivity index (χ3n) is 5.63. The van der Waals surface area contributed by atoms with Crippen molar-refractivity contribution in [2.24, 2.45) is 0 Å². The van der Waals surface area contributed by atoms with Crippen molar-refractivity contribution >= 4 is 56.9 Å². The van der Waals surface area contributed by atoms with Crippen LogP contribution in [0.5, 0.6) is 0 Å². The van der Waals surface area contributed by atoms with E-state index in [0.29, 0.717) is 40.6 Å². The number of piperazine rings is 1. The second-order valence-electron chi connectivity index (χ2n) is 7.30. The van der Waals surface area contributed by atoms with Crippen LogP contribution in [0.4, 0.5) is 15.9 Å². The molecular formula is C17H20ClFIN5O. The molecule has 6 nitrogen and oxygen atoms in total. The average molecular weight is 492 g/mol. The first-order valence-electron chi connectivity index (χ1n) is 8.50. The topological polar surface area (TPSA) is 44.6 Å². The molecule has 140 valence electrons. The molecule has 2 aliphatic heterocycles. The number of benzene rings is 1. The van der Waals surface area contributed by atoms with E-state index in [0.717, 1.165) is 13.1 Å². The number of fused-ring (bicyclic) bond motifs is 2. The molecule has 3 heterocycles. The Balaban J connectivity index is 2.13. The van der Waals surface area contributed by atoms with E-state index in [1.165, 1.54) is 2.78 Å². The van der Waals surface area contributed by atoms with Crippen molar-refractivity contribution in [3.05, 3.63) is 26.9 Å². The van der Waals surface area contributed by atoms with Crippen LogP contribution in [0.2, 0.25) is 5.02 Å². The fourth-order valence-electron chi connectivity index (χ4n) is 4.04. The number of rotatable bonds is 0. The van der Waals surface area contributed by atoms with Crippen LogP contribution in [0, 0.1) is 12.7 Å². The SMILES string of the molecule is Cc1c(F)c2c3c(nc(=O)n(I)c3c1Cl)N1CC(C)N(C)CC1CN2C. The summed E-state index contributed by atoms with van der Waals surface area (Å²) in [4.78, 5) is 23.3. The zero-order valence-electron chi connectivity index (χ0n) is 15.1. The summed E-state index contributed by atoms with van der Waals surface area (Å²) in [6, 6.07) is 0.426. The van der Waals surface area contributed by atoms with Crippen molar-refractivity contribution in [2.45, 2.75) is 25.9 Å². The third-order valence-corrected chi connectivity index (χ3v) is 6.99. The molecule has 0 saturated carbocycles. The molecule has 0 radical (unpaired) electrons. The lowest BCUT2D eigenvalue weighted by Gasteiger charge is -2.44. The second-order valence-corrected chi connectivity index (χ2v) is 8.64. The van der Waals surface area contributed by atoms with Crippen molar-refractivity contribution in [2.75, 3.05) is 43.5 Å². The van der Waals surface area contributed by atoms with Crippen LogP contribution in [-0.4, -0.2) is 58.5 Å². The number of aromatic nitrogens is 2. The summed E-state index contributed by atoms with van der Waals surface area (Å²) in [6.45, 7) is 6.00. The van der Waals surface area contributed by atoms with Crippen LogP contribution >= 0.6 is 34.5 Å². The lowest BCUT2D eigenvalue weighted by atomic mass is 10.1. The Kier molecular flexibility index (Phi) is 4.35. The van der Waals surface area contributed by atoms with Crippen molar-refractivity contribution in [3.8, 4) is 0 Å². The fourth-order valence-corrected chi connectivity index (χ4v) is 5.03. The quantitative estimate of drug-likeness (QED) is 0.530. The minimum absolute atomic E-state index is 0.118. The van der Waals surface area contributed by atoms with E-state index in [1.54, 1.807) is 6.92 Å². The molecule has 4 rings (SSSR count). The fraction of sp³-hybridized carbons (Fsp3) is 0.529. The van der Waals surface area contributed by atoms with E-state index >= 15 is 4.39 Å². The van der Waals surface area contributed by atoms with Gasteiger partial charge in [0.25, 0.3) is 0 Å². The first kappa shape index (κ1) is 18.2. The third kappa shape index (κ3) is 2.45. The number of likely N-dealkylation sites (N-methyl/N-ethyl adjacent to an activating group) is 2. The van der Waals surface area contributed by atoms with Gasteiger partial charge in [0, 0.05) is 38.3 Å². The molecule has 1 fully saturated rings. The number of nitrogens with zero attached hydrogens (tertiary/aromatic N) is 5. The van der Waals surface area contributed by atoms with Crippen LogP contribution in [0.25, 0.3) is 10.9 Å². The van der Waals surface area contributed by atoms with Crippen LogP contribution in [0.15, 0.2) is 4.79 Å². The minimum Gasteiger partial charge on any atom is -0.369 e. The maximum absolute atomic E-state index is 15.2. The Labute approximate surface area is 170 Å². The molecule has 0 bridgehead atoms. The molecule has 26 heavy (non-hydrogen) atoms. The normalized spacial score (nSPS) is 23.3. The Hall–Kier alpha value is -1.13. The molecule has 2 atom stereocenters. The molecule has 0 N–H and O–H groups in total. The van der Waals surface area contributed by atoms with Gasteiger partial charge in [0.05, 0.1) is 50.5 Å². The van der Waals surface area contributed by atoms with E-state index in [9.17, 15) is 4.79 Å². The molecule has 1 saturated heterocycles. The van der Waals surface area contributed by atoms with Crippen molar-refractivity contribution in [3.63, 3.8) is 0 Å². The highest BCUT2D eigenvalue weighted by molar-refractivity contribution is 14.1. The molecular weight excluding hydrogens is 472 g/mol. The van der Waals surface area contributed by atoms with Gasteiger partial charge in [-0.1, -0.05) is 11.6 Å². The largest absolute Gasteiger partial charge is 0.369 e.